The second-order valence-electron chi connectivity index (χ2n) is 8.87. The van der Waals surface area contributed by atoms with Crippen molar-refractivity contribution >= 4 is 11.8 Å². The van der Waals surface area contributed by atoms with E-state index in [0.717, 1.165) is 24.1 Å². The highest BCUT2D eigenvalue weighted by Crippen LogP contribution is 2.27. The second kappa shape index (κ2) is 8.35. The molecule has 1 aromatic carbocycles. The molecule has 1 saturated heterocycles. The summed E-state index contributed by atoms with van der Waals surface area (Å²) in [4.78, 5) is 33.2. The van der Waals surface area contributed by atoms with Crippen molar-refractivity contribution in [3.8, 4) is 5.69 Å². The molecule has 2 amide bonds. The minimum absolute atomic E-state index is 0.0264. The lowest BCUT2D eigenvalue weighted by atomic mass is 9.90. The average Bonchev–Trinajstić information content (AvgIpc) is 3.26. The Morgan fingerprint density at radius 2 is 1.76 bits per heavy atom. The SMILES string of the molecule is C[C@H](c1ccc(-n2cncn2)cc1)N(C)C(=O)C1CCN(C(=O)C(C)(C)C)CC1. The number of likely N-dealkylation sites (tertiary alicyclic amines) is 1. The summed E-state index contributed by atoms with van der Waals surface area (Å²) in [7, 11) is 1.87. The molecule has 2 heterocycles. The maximum atomic E-state index is 13.0. The molecule has 2 aromatic rings. The molecule has 1 fully saturated rings. The van der Waals surface area contributed by atoms with E-state index in [-0.39, 0.29) is 29.2 Å². The summed E-state index contributed by atoms with van der Waals surface area (Å²) in [5, 5.41) is 4.13. The Kier molecular flexibility index (Phi) is 6.05. The number of carbonyl (C=O) groups excluding carboxylic acids is 2. The zero-order valence-electron chi connectivity index (χ0n) is 18.0. The molecule has 1 aliphatic heterocycles. The highest BCUT2D eigenvalue weighted by Gasteiger charge is 2.34. The third-order valence-corrected chi connectivity index (χ3v) is 5.76. The Labute approximate surface area is 172 Å². The summed E-state index contributed by atoms with van der Waals surface area (Å²) in [5.41, 5.74) is 1.63. The normalized spacial score (nSPS) is 16.5. The zero-order valence-corrected chi connectivity index (χ0v) is 18.0. The minimum atomic E-state index is -0.374. The van der Waals surface area contributed by atoms with Crippen molar-refractivity contribution in [1.29, 1.82) is 0 Å². The van der Waals surface area contributed by atoms with Crippen molar-refractivity contribution in [2.75, 3.05) is 20.1 Å². The minimum Gasteiger partial charge on any atom is -0.342 e. The van der Waals surface area contributed by atoms with Gasteiger partial charge >= 0.3 is 0 Å². The van der Waals surface area contributed by atoms with E-state index in [1.54, 1.807) is 11.0 Å². The summed E-state index contributed by atoms with van der Waals surface area (Å²) in [6, 6.07) is 7.98. The van der Waals surface area contributed by atoms with Crippen LogP contribution in [0.2, 0.25) is 0 Å². The maximum absolute atomic E-state index is 13.0. The fourth-order valence-corrected chi connectivity index (χ4v) is 3.75. The molecule has 0 bridgehead atoms. The van der Waals surface area contributed by atoms with Crippen LogP contribution in [0, 0.1) is 11.3 Å². The van der Waals surface area contributed by atoms with Crippen LogP contribution in [0.5, 0.6) is 0 Å². The summed E-state index contributed by atoms with van der Waals surface area (Å²) in [5.74, 6) is 0.291. The van der Waals surface area contributed by atoms with Gasteiger partial charge in [-0.3, -0.25) is 9.59 Å². The quantitative estimate of drug-likeness (QED) is 0.795. The van der Waals surface area contributed by atoms with Crippen molar-refractivity contribution in [3.63, 3.8) is 0 Å². The van der Waals surface area contributed by atoms with Gasteiger partial charge in [-0.25, -0.2) is 9.67 Å². The molecule has 0 aliphatic carbocycles. The molecule has 3 rings (SSSR count). The van der Waals surface area contributed by atoms with E-state index in [1.807, 2.05) is 68.8 Å². The number of piperidine rings is 1. The Morgan fingerprint density at radius 1 is 1.14 bits per heavy atom. The third-order valence-electron chi connectivity index (χ3n) is 5.76. The molecule has 1 aromatic heterocycles. The van der Waals surface area contributed by atoms with Gasteiger partial charge < -0.3 is 9.80 Å². The zero-order chi connectivity index (χ0) is 21.2. The molecule has 0 radical (unpaired) electrons. The Bertz CT molecular complexity index is 831. The van der Waals surface area contributed by atoms with Gasteiger partial charge in [0.05, 0.1) is 11.7 Å². The lowest BCUT2D eigenvalue weighted by molar-refractivity contribution is -0.145. The largest absolute Gasteiger partial charge is 0.342 e. The van der Waals surface area contributed by atoms with Crippen molar-refractivity contribution in [3.05, 3.63) is 42.5 Å². The number of benzene rings is 1. The van der Waals surface area contributed by atoms with Gasteiger partial charge in [-0.05, 0) is 37.5 Å². The molecule has 0 unspecified atom stereocenters. The first-order valence-corrected chi connectivity index (χ1v) is 10.2. The van der Waals surface area contributed by atoms with Gasteiger partial charge in [-0.1, -0.05) is 32.9 Å². The first kappa shape index (κ1) is 21.0. The monoisotopic (exact) mass is 397 g/mol. The summed E-state index contributed by atoms with van der Waals surface area (Å²) in [6.07, 6.45) is 4.61. The van der Waals surface area contributed by atoms with E-state index in [9.17, 15) is 9.59 Å². The topological polar surface area (TPSA) is 71.3 Å². The van der Waals surface area contributed by atoms with Crippen LogP contribution in [-0.2, 0) is 9.59 Å². The van der Waals surface area contributed by atoms with Crippen LogP contribution in [0.1, 0.15) is 52.1 Å². The van der Waals surface area contributed by atoms with Crippen LogP contribution in [0.4, 0.5) is 0 Å². The molecule has 156 valence electrons. The highest BCUT2D eigenvalue weighted by atomic mass is 16.2. The van der Waals surface area contributed by atoms with Gasteiger partial charge in [0.25, 0.3) is 0 Å². The van der Waals surface area contributed by atoms with Crippen LogP contribution in [0.3, 0.4) is 0 Å². The molecular weight excluding hydrogens is 366 g/mol. The predicted molar refractivity (Wildman–Crippen MR) is 111 cm³/mol. The number of hydrogen-bond donors (Lipinski definition) is 0. The van der Waals surface area contributed by atoms with Crippen LogP contribution in [0.15, 0.2) is 36.9 Å². The lowest BCUT2D eigenvalue weighted by Crippen LogP contribution is -2.47. The van der Waals surface area contributed by atoms with Gasteiger partial charge in [0.2, 0.25) is 11.8 Å². The van der Waals surface area contributed by atoms with E-state index in [4.69, 9.17) is 0 Å². The summed E-state index contributed by atoms with van der Waals surface area (Å²) >= 11 is 0. The van der Waals surface area contributed by atoms with Crippen LogP contribution in [-0.4, -0.2) is 56.5 Å². The smallest absolute Gasteiger partial charge is 0.227 e. The number of carbonyl (C=O) groups is 2. The molecule has 7 nitrogen and oxygen atoms in total. The summed E-state index contributed by atoms with van der Waals surface area (Å²) in [6.45, 7) is 9.17. The third kappa shape index (κ3) is 4.66. The number of aromatic nitrogens is 3. The lowest BCUT2D eigenvalue weighted by Gasteiger charge is -2.37. The Hall–Kier alpha value is -2.70. The number of amides is 2. The van der Waals surface area contributed by atoms with E-state index in [1.165, 1.54) is 6.33 Å². The number of nitrogens with zero attached hydrogens (tertiary/aromatic N) is 5. The van der Waals surface area contributed by atoms with Crippen molar-refractivity contribution < 1.29 is 9.59 Å². The molecule has 0 N–H and O–H groups in total. The van der Waals surface area contributed by atoms with E-state index in [0.29, 0.717) is 13.1 Å². The molecule has 7 heteroatoms. The molecule has 0 saturated carbocycles. The second-order valence-corrected chi connectivity index (χ2v) is 8.87. The van der Waals surface area contributed by atoms with Crippen LogP contribution in [0.25, 0.3) is 5.69 Å². The van der Waals surface area contributed by atoms with Crippen molar-refractivity contribution in [2.24, 2.45) is 11.3 Å². The molecule has 1 aliphatic rings. The predicted octanol–water partition coefficient (Wildman–Crippen LogP) is 3.07. The van der Waals surface area contributed by atoms with Gasteiger partial charge in [-0.2, -0.15) is 5.10 Å². The van der Waals surface area contributed by atoms with E-state index >= 15 is 0 Å². The average molecular weight is 398 g/mol. The van der Waals surface area contributed by atoms with E-state index in [2.05, 4.69) is 10.1 Å². The fourth-order valence-electron chi connectivity index (χ4n) is 3.75. The highest BCUT2D eigenvalue weighted by molar-refractivity contribution is 5.83. The first-order valence-electron chi connectivity index (χ1n) is 10.2. The summed E-state index contributed by atoms with van der Waals surface area (Å²) < 4.78 is 1.70. The number of rotatable bonds is 4. The molecule has 0 spiro atoms. The van der Waals surface area contributed by atoms with Gasteiger partial charge in [0.15, 0.2) is 0 Å². The van der Waals surface area contributed by atoms with Crippen molar-refractivity contribution in [1.82, 2.24) is 24.6 Å². The fraction of sp³-hybridized carbons (Fsp3) is 0.545. The van der Waals surface area contributed by atoms with Crippen molar-refractivity contribution in [2.45, 2.75) is 46.6 Å². The Balaban J connectivity index is 1.59. The van der Waals surface area contributed by atoms with Gasteiger partial charge in [0, 0.05) is 31.5 Å². The standard InChI is InChI=1S/C22H31N5O2/c1-16(17-6-8-19(9-7-17)27-15-23-14-24-27)25(5)20(28)18-10-12-26(13-11-18)21(29)22(2,3)4/h6-9,14-16,18H,10-13H2,1-5H3/t16-/m1/s1. The van der Waals surface area contributed by atoms with Crippen LogP contribution >= 0.6 is 0 Å². The molecular formula is C22H31N5O2. The maximum Gasteiger partial charge on any atom is 0.227 e. The molecule has 1 atom stereocenters. The van der Waals surface area contributed by atoms with E-state index < -0.39 is 0 Å². The molecule has 29 heavy (non-hydrogen) atoms. The van der Waals surface area contributed by atoms with Gasteiger partial charge in [-0.15, -0.1) is 0 Å². The Morgan fingerprint density at radius 3 is 2.28 bits per heavy atom. The van der Waals surface area contributed by atoms with Crippen LogP contribution < -0.4 is 0 Å². The van der Waals surface area contributed by atoms with Gasteiger partial charge in [0.1, 0.15) is 12.7 Å². The first-order chi connectivity index (χ1) is 13.7. The number of hydrogen-bond acceptors (Lipinski definition) is 4.